The van der Waals surface area contributed by atoms with E-state index in [1.807, 2.05) is 60.8 Å². The first-order chi connectivity index (χ1) is 12.3. The Labute approximate surface area is 144 Å². The summed E-state index contributed by atoms with van der Waals surface area (Å²) in [6.45, 7) is 0.418. The SMILES string of the molecule is O=C(Cc1noc2ccccc12)NCc1cnn(-c2ccccc2)c1. The van der Waals surface area contributed by atoms with E-state index in [9.17, 15) is 4.79 Å². The summed E-state index contributed by atoms with van der Waals surface area (Å²) in [6, 6.07) is 17.3. The van der Waals surface area contributed by atoms with Gasteiger partial charge in [0, 0.05) is 23.7 Å². The highest BCUT2D eigenvalue weighted by Gasteiger charge is 2.12. The first kappa shape index (κ1) is 15.1. The molecule has 0 aliphatic rings. The summed E-state index contributed by atoms with van der Waals surface area (Å²) < 4.78 is 7.01. The third kappa shape index (κ3) is 3.28. The molecule has 25 heavy (non-hydrogen) atoms. The topological polar surface area (TPSA) is 73.0 Å². The maximum atomic E-state index is 12.2. The Morgan fingerprint density at radius 2 is 1.88 bits per heavy atom. The first-order valence-electron chi connectivity index (χ1n) is 7.98. The van der Waals surface area contributed by atoms with Gasteiger partial charge in [0.1, 0.15) is 5.69 Å². The highest BCUT2D eigenvalue weighted by atomic mass is 16.5. The fraction of sp³-hybridized carbons (Fsp3) is 0.105. The Bertz CT molecular complexity index is 1000. The number of amides is 1. The van der Waals surface area contributed by atoms with Crippen LogP contribution in [0.1, 0.15) is 11.3 Å². The van der Waals surface area contributed by atoms with Crippen molar-refractivity contribution in [2.75, 3.05) is 0 Å². The van der Waals surface area contributed by atoms with Crippen molar-refractivity contribution in [3.8, 4) is 5.69 Å². The Balaban J connectivity index is 1.38. The van der Waals surface area contributed by atoms with Crippen molar-refractivity contribution in [2.45, 2.75) is 13.0 Å². The van der Waals surface area contributed by atoms with E-state index in [1.54, 1.807) is 10.9 Å². The van der Waals surface area contributed by atoms with Crippen LogP contribution in [0.2, 0.25) is 0 Å². The van der Waals surface area contributed by atoms with E-state index in [2.05, 4.69) is 15.6 Å². The van der Waals surface area contributed by atoms with Gasteiger partial charge in [0.25, 0.3) is 0 Å². The summed E-state index contributed by atoms with van der Waals surface area (Å²) in [7, 11) is 0. The minimum atomic E-state index is -0.105. The molecule has 4 aromatic rings. The van der Waals surface area contributed by atoms with E-state index in [0.29, 0.717) is 17.8 Å². The fourth-order valence-electron chi connectivity index (χ4n) is 2.65. The molecule has 2 aromatic heterocycles. The molecular weight excluding hydrogens is 316 g/mol. The molecule has 0 atom stereocenters. The zero-order chi connectivity index (χ0) is 17.1. The van der Waals surface area contributed by atoms with Gasteiger partial charge in [-0.1, -0.05) is 35.5 Å². The second kappa shape index (κ2) is 6.60. The van der Waals surface area contributed by atoms with Crippen molar-refractivity contribution < 1.29 is 9.32 Å². The van der Waals surface area contributed by atoms with Crippen LogP contribution in [0.5, 0.6) is 0 Å². The Morgan fingerprint density at radius 1 is 1.08 bits per heavy atom. The van der Waals surface area contributed by atoms with Gasteiger partial charge < -0.3 is 9.84 Å². The van der Waals surface area contributed by atoms with Crippen LogP contribution in [0.25, 0.3) is 16.7 Å². The molecular formula is C19H16N4O2. The predicted octanol–water partition coefficient (Wildman–Crippen LogP) is 2.87. The van der Waals surface area contributed by atoms with Crippen LogP contribution in [-0.4, -0.2) is 20.8 Å². The van der Waals surface area contributed by atoms with Crippen LogP contribution < -0.4 is 5.32 Å². The number of rotatable bonds is 5. The second-order valence-corrected chi connectivity index (χ2v) is 5.71. The van der Waals surface area contributed by atoms with Crippen molar-refractivity contribution in [3.05, 3.63) is 78.2 Å². The lowest BCUT2D eigenvalue weighted by Crippen LogP contribution is -2.24. The Kier molecular flexibility index (Phi) is 4.00. The van der Waals surface area contributed by atoms with Crippen molar-refractivity contribution in [3.63, 3.8) is 0 Å². The molecule has 0 bridgehead atoms. The van der Waals surface area contributed by atoms with Crippen LogP contribution in [0.3, 0.4) is 0 Å². The molecule has 0 fully saturated rings. The molecule has 0 saturated carbocycles. The highest BCUT2D eigenvalue weighted by molar-refractivity contribution is 5.86. The largest absolute Gasteiger partial charge is 0.356 e. The van der Waals surface area contributed by atoms with Gasteiger partial charge in [-0.3, -0.25) is 4.79 Å². The number of aromatic nitrogens is 3. The van der Waals surface area contributed by atoms with Crippen molar-refractivity contribution in [2.24, 2.45) is 0 Å². The van der Waals surface area contributed by atoms with E-state index in [1.165, 1.54) is 0 Å². The van der Waals surface area contributed by atoms with Crippen molar-refractivity contribution >= 4 is 16.9 Å². The number of hydrogen-bond donors (Lipinski definition) is 1. The van der Waals surface area contributed by atoms with Crippen LogP contribution in [0, 0.1) is 0 Å². The first-order valence-corrected chi connectivity index (χ1v) is 7.98. The highest BCUT2D eigenvalue weighted by Crippen LogP contribution is 2.18. The van der Waals surface area contributed by atoms with Crippen molar-refractivity contribution in [1.82, 2.24) is 20.3 Å². The smallest absolute Gasteiger partial charge is 0.226 e. The summed E-state index contributed by atoms with van der Waals surface area (Å²) in [5, 5.41) is 12.1. The third-order valence-corrected chi connectivity index (χ3v) is 3.93. The zero-order valence-electron chi connectivity index (χ0n) is 13.4. The average molecular weight is 332 g/mol. The van der Waals surface area contributed by atoms with E-state index < -0.39 is 0 Å². The zero-order valence-corrected chi connectivity index (χ0v) is 13.4. The van der Waals surface area contributed by atoms with Gasteiger partial charge in [-0.05, 0) is 24.3 Å². The second-order valence-electron chi connectivity index (χ2n) is 5.71. The molecule has 1 amide bonds. The lowest BCUT2D eigenvalue weighted by atomic mass is 10.1. The third-order valence-electron chi connectivity index (χ3n) is 3.93. The van der Waals surface area contributed by atoms with Gasteiger partial charge in [0.2, 0.25) is 5.91 Å². The maximum absolute atomic E-state index is 12.2. The molecule has 0 radical (unpaired) electrons. The molecule has 6 heteroatoms. The molecule has 4 rings (SSSR count). The van der Waals surface area contributed by atoms with E-state index in [0.717, 1.165) is 16.6 Å². The van der Waals surface area contributed by atoms with Crippen LogP contribution in [0.15, 0.2) is 71.5 Å². The van der Waals surface area contributed by atoms with Crippen molar-refractivity contribution in [1.29, 1.82) is 0 Å². The number of hydrogen-bond acceptors (Lipinski definition) is 4. The molecule has 0 aliphatic heterocycles. The lowest BCUT2D eigenvalue weighted by Gasteiger charge is -2.02. The van der Waals surface area contributed by atoms with E-state index in [-0.39, 0.29) is 12.3 Å². The number of para-hydroxylation sites is 2. The molecule has 0 saturated heterocycles. The number of nitrogens with one attached hydrogen (secondary N) is 1. The minimum absolute atomic E-state index is 0.105. The molecule has 0 aliphatic carbocycles. The summed E-state index contributed by atoms with van der Waals surface area (Å²) in [5.41, 5.74) is 3.25. The average Bonchev–Trinajstić information content (AvgIpc) is 3.28. The van der Waals surface area contributed by atoms with Gasteiger partial charge in [-0.25, -0.2) is 4.68 Å². The molecule has 124 valence electrons. The van der Waals surface area contributed by atoms with Crippen LogP contribution >= 0.6 is 0 Å². The lowest BCUT2D eigenvalue weighted by molar-refractivity contribution is -0.120. The van der Waals surface area contributed by atoms with Gasteiger partial charge in [-0.2, -0.15) is 5.10 Å². The van der Waals surface area contributed by atoms with Crippen LogP contribution in [-0.2, 0) is 17.8 Å². The molecule has 2 aromatic carbocycles. The Hall–Kier alpha value is -3.41. The van der Waals surface area contributed by atoms with Gasteiger partial charge in [0.15, 0.2) is 5.58 Å². The maximum Gasteiger partial charge on any atom is 0.226 e. The number of carbonyl (C=O) groups is 1. The number of benzene rings is 2. The van der Waals surface area contributed by atoms with Crippen LogP contribution in [0.4, 0.5) is 0 Å². The van der Waals surface area contributed by atoms with Gasteiger partial charge >= 0.3 is 0 Å². The monoisotopic (exact) mass is 332 g/mol. The van der Waals surface area contributed by atoms with E-state index >= 15 is 0 Å². The van der Waals surface area contributed by atoms with Gasteiger partial charge in [0.05, 0.1) is 18.3 Å². The number of nitrogens with zero attached hydrogens (tertiary/aromatic N) is 3. The fourth-order valence-corrected chi connectivity index (χ4v) is 2.65. The molecule has 0 unspecified atom stereocenters. The standard InChI is InChI=1S/C19H16N4O2/c24-19(10-17-16-8-4-5-9-18(16)25-22-17)20-11-14-12-21-23(13-14)15-6-2-1-3-7-15/h1-9,12-13H,10-11H2,(H,20,24). The van der Waals surface area contributed by atoms with Gasteiger partial charge in [-0.15, -0.1) is 0 Å². The minimum Gasteiger partial charge on any atom is -0.356 e. The summed E-state index contributed by atoms with van der Waals surface area (Å²) >= 11 is 0. The quantitative estimate of drug-likeness (QED) is 0.610. The molecule has 6 nitrogen and oxygen atoms in total. The summed E-state index contributed by atoms with van der Waals surface area (Å²) in [6.07, 6.45) is 3.84. The Morgan fingerprint density at radius 3 is 2.76 bits per heavy atom. The summed E-state index contributed by atoms with van der Waals surface area (Å²) in [4.78, 5) is 12.2. The number of carbonyl (C=O) groups excluding carboxylic acids is 1. The molecule has 1 N–H and O–H groups in total. The van der Waals surface area contributed by atoms with E-state index in [4.69, 9.17) is 4.52 Å². The predicted molar refractivity (Wildman–Crippen MR) is 93.1 cm³/mol. The molecule has 2 heterocycles. The molecule has 0 spiro atoms. The summed E-state index contributed by atoms with van der Waals surface area (Å²) in [5.74, 6) is -0.105. The normalized spacial score (nSPS) is 10.9. The number of fused-ring (bicyclic) bond motifs is 1.